The number of rotatable bonds is 6. The van der Waals surface area contributed by atoms with Crippen molar-refractivity contribution < 1.29 is 4.39 Å². The van der Waals surface area contributed by atoms with Gasteiger partial charge in [0.15, 0.2) is 0 Å². The van der Waals surface area contributed by atoms with Crippen LogP contribution in [0.1, 0.15) is 32.3 Å². The van der Waals surface area contributed by atoms with E-state index in [-0.39, 0.29) is 11.9 Å². The fourth-order valence-electron chi connectivity index (χ4n) is 1.48. The topological polar surface area (TPSA) is 29.4 Å². The zero-order chi connectivity index (χ0) is 12.7. The van der Waals surface area contributed by atoms with Gasteiger partial charge in [0.2, 0.25) is 0 Å². The van der Waals surface area contributed by atoms with Crippen molar-refractivity contribution in [3.8, 4) is 0 Å². The average molecular weight is 235 g/mol. The first-order valence-corrected chi connectivity index (χ1v) is 5.88. The molecule has 0 aromatic heterocycles. The number of hydrogen-bond acceptors (Lipinski definition) is 2. The van der Waals surface area contributed by atoms with E-state index in [0.29, 0.717) is 5.92 Å². The second-order valence-corrected chi connectivity index (χ2v) is 4.55. The fraction of sp³-hybridized carbons (Fsp3) is 0.429. The summed E-state index contributed by atoms with van der Waals surface area (Å²) in [6.45, 7) is 4.23. The minimum Gasteiger partial charge on any atom is -0.207 e. The van der Waals surface area contributed by atoms with Crippen molar-refractivity contribution in [1.29, 1.82) is 0 Å². The molecule has 0 aliphatic carbocycles. The molecule has 1 atom stereocenters. The number of hydrogen-bond donors (Lipinski definition) is 0. The molecule has 92 valence electrons. The monoisotopic (exact) mass is 235 g/mol. The number of halogens is 1. The summed E-state index contributed by atoms with van der Waals surface area (Å²) in [6, 6.07) is 5.86. The molecule has 0 N–H and O–H groups in total. The standard InChI is InChI=1S/C14H18FNO/c1-11(2)3-9-14(16-17)10-6-12-4-7-13(15)8-5-12/h4-8,10-11,14H,3,9H2,1-2H3. The minimum absolute atomic E-state index is 0.257. The van der Waals surface area contributed by atoms with Crippen LogP contribution in [0.2, 0.25) is 0 Å². The molecule has 0 radical (unpaired) electrons. The Morgan fingerprint density at radius 3 is 2.41 bits per heavy atom. The number of nitrogens with zero attached hydrogens (tertiary/aromatic N) is 1. The lowest BCUT2D eigenvalue weighted by Crippen LogP contribution is -2.01. The van der Waals surface area contributed by atoms with Crippen molar-refractivity contribution in [1.82, 2.24) is 0 Å². The lowest BCUT2D eigenvalue weighted by atomic mass is 10.0. The molecule has 0 heterocycles. The molecule has 0 aliphatic rings. The van der Waals surface area contributed by atoms with E-state index in [2.05, 4.69) is 19.0 Å². The summed E-state index contributed by atoms with van der Waals surface area (Å²) in [6.07, 6.45) is 5.33. The molecule has 0 fully saturated rings. The number of benzene rings is 1. The molecular formula is C14H18FNO. The lowest BCUT2D eigenvalue weighted by molar-refractivity contribution is 0.532. The van der Waals surface area contributed by atoms with Crippen LogP contribution in [-0.2, 0) is 0 Å². The summed E-state index contributed by atoms with van der Waals surface area (Å²) in [7, 11) is 0. The van der Waals surface area contributed by atoms with E-state index in [1.54, 1.807) is 18.2 Å². The maximum absolute atomic E-state index is 12.7. The van der Waals surface area contributed by atoms with Gasteiger partial charge in [-0.25, -0.2) is 4.39 Å². The third-order valence-corrected chi connectivity index (χ3v) is 2.56. The average Bonchev–Trinajstić information content (AvgIpc) is 2.31. The molecule has 3 heteroatoms. The van der Waals surface area contributed by atoms with Gasteiger partial charge in [-0.3, -0.25) is 0 Å². The van der Waals surface area contributed by atoms with Crippen molar-refractivity contribution >= 4 is 6.08 Å². The normalized spacial score (nSPS) is 13.2. The van der Waals surface area contributed by atoms with E-state index in [0.717, 1.165) is 18.4 Å². The second kappa shape index (κ2) is 6.94. The van der Waals surface area contributed by atoms with Gasteiger partial charge in [0, 0.05) is 0 Å². The van der Waals surface area contributed by atoms with Gasteiger partial charge in [-0.15, -0.1) is 0 Å². The van der Waals surface area contributed by atoms with E-state index >= 15 is 0 Å². The van der Waals surface area contributed by atoms with Gasteiger partial charge in [-0.1, -0.05) is 43.3 Å². The molecule has 1 rings (SSSR count). The molecule has 0 amide bonds. The van der Waals surface area contributed by atoms with Gasteiger partial charge in [0.1, 0.15) is 11.9 Å². The third kappa shape index (κ3) is 5.38. The third-order valence-electron chi connectivity index (χ3n) is 2.56. The Labute approximate surface area is 102 Å². The second-order valence-electron chi connectivity index (χ2n) is 4.55. The van der Waals surface area contributed by atoms with E-state index in [1.807, 2.05) is 6.08 Å². The first-order valence-electron chi connectivity index (χ1n) is 5.88. The Bertz CT molecular complexity index is 370. The summed E-state index contributed by atoms with van der Waals surface area (Å²) in [4.78, 5) is 10.6. The highest BCUT2D eigenvalue weighted by molar-refractivity contribution is 5.49. The summed E-state index contributed by atoms with van der Waals surface area (Å²) in [5.41, 5.74) is 0.879. The molecule has 1 unspecified atom stereocenters. The molecule has 0 bridgehead atoms. The Kier molecular flexibility index (Phi) is 5.53. The lowest BCUT2D eigenvalue weighted by Gasteiger charge is -2.06. The van der Waals surface area contributed by atoms with Crippen LogP contribution in [0.4, 0.5) is 4.39 Å². The largest absolute Gasteiger partial charge is 0.207 e. The van der Waals surface area contributed by atoms with Crippen molar-refractivity contribution in [3.05, 3.63) is 46.6 Å². The highest BCUT2D eigenvalue weighted by atomic mass is 19.1. The molecular weight excluding hydrogens is 217 g/mol. The van der Waals surface area contributed by atoms with Crippen LogP contribution in [0, 0.1) is 16.6 Å². The Morgan fingerprint density at radius 2 is 1.88 bits per heavy atom. The smallest absolute Gasteiger partial charge is 0.123 e. The Morgan fingerprint density at radius 1 is 1.24 bits per heavy atom. The van der Waals surface area contributed by atoms with Gasteiger partial charge in [0.05, 0.1) is 0 Å². The molecule has 0 saturated heterocycles. The quantitative estimate of drug-likeness (QED) is 0.671. The van der Waals surface area contributed by atoms with Crippen LogP contribution < -0.4 is 0 Å². The summed E-state index contributed by atoms with van der Waals surface area (Å²) >= 11 is 0. The highest BCUT2D eigenvalue weighted by Crippen LogP contribution is 2.12. The Balaban J connectivity index is 2.55. The van der Waals surface area contributed by atoms with Crippen molar-refractivity contribution in [2.75, 3.05) is 0 Å². The zero-order valence-electron chi connectivity index (χ0n) is 10.3. The van der Waals surface area contributed by atoms with Gasteiger partial charge >= 0.3 is 0 Å². The molecule has 0 spiro atoms. The molecule has 1 aromatic carbocycles. The maximum atomic E-state index is 12.7. The zero-order valence-corrected chi connectivity index (χ0v) is 10.3. The minimum atomic E-state index is -0.289. The molecule has 0 saturated carbocycles. The highest BCUT2D eigenvalue weighted by Gasteiger charge is 2.05. The van der Waals surface area contributed by atoms with Crippen molar-refractivity contribution in [2.45, 2.75) is 32.7 Å². The first kappa shape index (κ1) is 13.6. The van der Waals surface area contributed by atoms with Gasteiger partial charge < -0.3 is 0 Å². The van der Waals surface area contributed by atoms with Crippen LogP contribution >= 0.6 is 0 Å². The molecule has 1 aromatic rings. The van der Waals surface area contributed by atoms with E-state index in [1.165, 1.54) is 12.1 Å². The predicted molar refractivity (Wildman–Crippen MR) is 69.1 cm³/mol. The van der Waals surface area contributed by atoms with E-state index < -0.39 is 0 Å². The van der Waals surface area contributed by atoms with Crippen LogP contribution in [0.5, 0.6) is 0 Å². The van der Waals surface area contributed by atoms with Gasteiger partial charge in [0.25, 0.3) is 0 Å². The SMILES string of the molecule is CC(C)CCC(C=Cc1ccc(F)cc1)N=O. The van der Waals surface area contributed by atoms with Crippen LogP contribution in [0.3, 0.4) is 0 Å². The number of nitroso groups, excluding NO2 is 1. The summed E-state index contributed by atoms with van der Waals surface area (Å²) < 4.78 is 12.7. The maximum Gasteiger partial charge on any atom is 0.123 e. The van der Waals surface area contributed by atoms with Crippen molar-refractivity contribution in [2.24, 2.45) is 11.1 Å². The van der Waals surface area contributed by atoms with Crippen molar-refractivity contribution in [3.63, 3.8) is 0 Å². The van der Waals surface area contributed by atoms with Crippen LogP contribution in [0.15, 0.2) is 35.5 Å². The van der Waals surface area contributed by atoms with Crippen LogP contribution in [-0.4, -0.2) is 6.04 Å². The molecule has 2 nitrogen and oxygen atoms in total. The first-order chi connectivity index (χ1) is 8.11. The summed E-state index contributed by atoms with van der Waals surface area (Å²) in [5, 5.41) is 3.08. The molecule has 17 heavy (non-hydrogen) atoms. The predicted octanol–water partition coefficient (Wildman–Crippen LogP) is 4.41. The van der Waals surface area contributed by atoms with Crippen LogP contribution in [0.25, 0.3) is 6.08 Å². The van der Waals surface area contributed by atoms with E-state index in [9.17, 15) is 9.30 Å². The summed E-state index contributed by atoms with van der Waals surface area (Å²) in [5.74, 6) is 0.311. The van der Waals surface area contributed by atoms with Gasteiger partial charge in [-0.05, 0) is 36.5 Å². The molecule has 0 aliphatic heterocycles. The fourth-order valence-corrected chi connectivity index (χ4v) is 1.48. The van der Waals surface area contributed by atoms with E-state index in [4.69, 9.17) is 0 Å². The van der Waals surface area contributed by atoms with Gasteiger partial charge in [-0.2, -0.15) is 4.91 Å². The Hall–Kier alpha value is -1.51.